The first-order valence-electron chi connectivity index (χ1n) is 7.72. The quantitative estimate of drug-likeness (QED) is 0.649. The van der Waals surface area contributed by atoms with E-state index in [9.17, 15) is 0 Å². The number of nitrogens with zero attached hydrogens (tertiary/aromatic N) is 1. The van der Waals surface area contributed by atoms with Gasteiger partial charge in [-0.15, -0.1) is 0 Å². The van der Waals surface area contributed by atoms with Crippen molar-refractivity contribution >= 4 is 11.8 Å². The summed E-state index contributed by atoms with van der Waals surface area (Å²) in [4.78, 5) is 2.63. The van der Waals surface area contributed by atoms with E-state index in [0.29, 0.717) is 6.04 Å². The molecule has 0 saturated carbocycles. The van der Waals surface area contributed by atoms with Gasteiger partial charge in [-0.1, -0.05) is 6.92 Å². The first-order valence-corrected chi connectivity index (χ1v) is 9.12. The molecular weight excluding hydrogens is 240 g/mol. The summed E-state index contributed by atoms with van der Waals surface area (Å²) < 4.78 is 0. The highest BCUT2D eigenvalue weighted by Gasteiger charge is 2.22. The molecule has 3 heteroatoms. The molecule has 0 spiro atoms. The lowest BCUT2D eigenvalue weighted by molar-refractivity contribution is 0.163. The zero-order valence-corrected chi connectivity index (χ0v) is 13.4. The van der Waals surface area contributed by atoms with Crippen molar-refractivity contribution in [2.45, 2.75) is 52.0 Å². The van der Waals surface area contributed by atoms with Crippen LogP contribution >= 0.6 is 11.8 Å². The van der Waals surface area contributed by atoms with Crippen LogP contribution in [0.1, 0.15) is 46.0 Å². The fraction of sp³-hybridized carbons (Fsp3) is 1.00. The van der Waals surface area contributed by atoms with Crippen molar-refractivity contribution in [1.82, 2.24) is 10.2 Å². The highest BCUT2D eigenvalue weighted by atomic mass is 32.2. The van der Waals surface area contributed by atoms with Crippen LogP contribution in [-0.2, 0) is 0 Å². The molecule has 0 amide bonds. The van der Waals surface area contributed by atoms with Gasteiger partial charge in [0.25, 0.3) is 0 Å². The molecule has 1 heterocycles. The summed E-state index contributed by atoms with van der Waals surface area (Å²) >= 11 is 1.96. The molecule has 108 valence electrons. The summed E-state index contributed by atoms with van der Waals surface area (Å²) in [6.07, 6.45) is 8.96. The number of nitrogens with one attached hydrogen (secondary N) is 1. The molecular formula is C15H32N2S. The van der Waals surface area contributed by atoms with Crippen LogP contribution in [-0.4, -0.2) is 49.1 Å². The van der Waals surface area contributed by atoms with Crippen LogP contribution in [0.3, 0.4) is 0 Å². The van der Waals surface area contributed by atoms with Crippen molar-refractivity contribution in [3.8, 4) is 0 Å². The van der Waals surface area contributed by atoms with Gasteiger partial charge in [0.15, 0.2) is 0 Å². The van der Waals surface area contributed by atoms with Gasteiger partial charge in [-0.25, -0.2) is 0 Å². The third-order valence-corrected chi connectivity index (χ3v) is 4.82. The van der Waals surface area contributed by atoms with E-state index >= 15 is 0 Å². The fourth-order valence-corrected chi connectivity index (χ4v) is 3.35. The van der Waals surface area contributed by atoms with Gasteiger partial charge in [-0.05, 0) is 83.1 Å². The van der Waals surface area contributed by atoms with E-state index < -0.39 is 0 Å². The van der Waals surface area contributed by atoms with Crippen molar-refractivity contribution < 1.29 is 0 Å². The molecule has 18 heavy (non-hydrogen) atoms. The SMILES string of the molecule is CCCN1CCC(C(C)NCCCCSC)CC1. The number of piperidine rings is 1. The molecule has 1 fully saturated rings. The molecule has 1 aliphatic rings. The Balaban J connectivity index is 2.06. The Labute approximate surface area is 118 Å². The number of likely N-dealkylation sites (tertiary alicyclic amines) is 1. The molecule has 0 bridgehead atoms. The maximum Gasteiger partial charge on any atom is 0.00679 e. The Kier molecular flexibility index (Phi) is 9.16. The Bertz CT molecular complexity index is 191. The largest absolute Gasteiger partial charge is 0.314 e. The van der Waals surface area contributed by atoms with Gasteiger partial charge in [-0.3, -0.25) is 0 Å². The van der Waals surface area contributed by atoms with Crippen molar-refractivity contribution in [1.29, 1.82) is 0 Å². The molecule has 0 radical (unpaired) electrons. The lowest BCUT2D eigenvalue weighted by Gasteiger charge is -2.35. The van der Waals surface area contributed by atoms with Crippen molar-refractivity contribution in [2.75, 3.05) is 38.2 Å². The van der Waals surface area contributed by atoms with E-state index in [-0.39, 0.29) is 0 Å². The normalized spacial score (nSPS) is 20.2. The molecule has 1 atom stereocenters. The second-order valence-corrected chi connectivity index (χ2v) is 6.61. The number of hydrogen-bond donors (Lipinski definition) is 1. The smallest absolute Gasteiger partial charge is 0.00679 e. The van der Waals surface area contributed by atoms with Gasteiger partial charge >= 0.3 is 0 Å². The molecule has 0 aromatic rings. The number of hydrogen-bond acceptors (Lipinski definition) is 3. The molecule has 0 aromatic heterocycles. The van der Waals surface area contributed by atoms with Crippen LogP contribution in [0.4, 0.5) is 0 Å². The highest BCUT2D eigenvalue weighted by molar-refractivity contribution is 7.98. The Morgan fingerprint density at radius 1 is 1.28 bits per heavy atom. The summed E-state index contributed by atoms with van der Waals surface area (Å²) in [5.74, 6) is 2.21. The fourth-order valence-electron chi connectivity index (χ4n) is 2.86. The van der Waals surface area contributed by atoms with E-state index in [4.69, 9.17) is 0 Å². The van der Waals surface area contributed by atoms with E-state index in [0.717, 1.165) is 5.92 Å². The molecule has 1 unspecified atom stereocenters. The van der Waals surface area contributed by atoms with Gasteiger partial charge in [0, 0.05) is 6.04 Å². The van der Waals surface area contributed by atoms with Crippen molar-refractivity contribution in [3.05, 3.63) is 0 Å². The average Bonchev–Trinajstić information content (AvgIpc) is 2.39. The molecule has 2 nitrogen and oxygen atoms in total. The first-order chi connectivity index (χ1) is 8.77. The topological polar surface area (TPSA) is 15.3 Å². The summed E-state index contributed by atoms with van der Waals surface area (Å²) in [6.45, 7) is 9.80. The Morgan fingerprint density at radius 2 is 2.00 bits per heavy atom. The molecule has 1 aliphatic heterocycles. The second-order valence-electron chi connectivity index (χ2n) is 5.62. The average molecular weight is 273 g/mol. The zero-order chi connectivity index (χ0) is 13.2. The first kappa shape index (κ1) is 16.3. The van der Waals surface area contributed by atoms with Gasteiger partial charge in [-0.2, -0.15) is 11.8 Å². The Hall–Kier alpha value is 0.270. The molecule has 1 N–H and O–H groups in total. The minimum absolute atomic E-state index is 0.711. The minimum Gasteiger partial charge on any atom is -0.314 e. The van der Waals surface area contributed by atoms with Crippen molar-refractivity contribution in [3.63, 3.8) is 0 Å². The minimum atomic E-state index is 0.711. The maximum absolute atomic E-state index is 3.73. The zero-order valence-electron chi connectivity index (χ0n) is 12.6. The summed E-state index contributed by atoms with van der Waals surface area (Å²) in [7, 11) is 0. The van der Waals surface area contributed by atoms with Crippen molar-refractivity contribution in [2.24, 2.45) is 5.92 Å². The van der Waals surface area contributed by atoms with Crippen LogP contribution in [0.15, 0.2) is 0 Å². The van der Waals surface area contributed by atoms with E-state index in [1.807, 2.05) is 11.8 Å². The second kappa shape index (κ2) is 10.1. The van der Waals surface area contributed by atoms with Crippen LogP contribution in [0.2, 0.25) is 0 Å². The van der Waals surface area contributed by atoms with E-state index in [1.165, 1.54) is 64.0 Å². The number of unbranched alkanes of at least 4 members (excludes halogenated alkanes) is 1. The molecule has 1 rings (SSSR count). The third kappa shape index (κ3) is 6.44. The number of rotatable bonds is 9. The van der Waals surface area contributed by atoms with Crippen LogP contribution < -0.4 is 5.32 Å². The predicted molar refractivity (Wildman–Crippen MR) is 84.5 cm³/mol. The van der Waals surface area contributed by atoms with Crippen LogP contribution in [0.25, 0.3) is 0 Å². The maximum atomic E-state index is 3.73. The molecule has 0 aliphatic carbocycles. The van der Waals surface area contributed by atoms with Crippen LogP contribution in [0, 0.1) is 5.92 Å². The highest BCUT2D eigenvalue weighted by Crippen LogP contribution is 2.20. The molecule has 1 saturated heterocycles. The van der Waals surface area contributed by atoms with Gasteiger partial charge in [0.2, 0.25) is 0 Å². The van der Waals surface area contributed by atoms with Gasteiger partial charge < -0.3 is 10.2 Å². The van der Waals surface area contributed by atoms with E-state index in [1.54, 1.807) is 0 Å². The lowest BCUT2D eigenvalue weighted by atomic mass is 9.90. The Morgan fingerprint density at radius 3 is 2.61 bits per heavy atom. The standard InChI is InChI=1S/C15H32N2S/c1-4-10-17-11-7-15(8-12-17)14(2)16-9-5-6-13-18-3/h14-16H,4-13H2,1-3H3. The predicted octanol–water partition coefficient (Wildman–Crippen LogP) is 3.23. The van der Waals surface area contributed by atoms with Gasteiger partial charge in [0.05, 0.1) is 0 Å². The lowest BCUT2D eigenvalue weighted by Crippen LogP contribution is -2.42. The van der Waals surface area contributed by atoms with E-state index in [2.05, 4.69) is 30.3 Å². The summed E-state index contributed by atoms with van der Waals surface area (Å²) in [5, 5.41) is 3.73. The number of thioether (sulfide) groups is 1. The molecule has 0 aromatic carbocycles. The van der Waals surface area contributed by atoms with Crippen LogP contribution in [0.5, 0.6) is 0 Å². The van der Waals surface area contributed by atoms with Gasteiger partial charge in [0.1, 0.15) is 0 Å². The summed E-state index contributed by atoms with van der Waals surface area (Å²) in [5.41, 5.74) is 0. The summed E-state index contributed by atoms with van der Waals surface area (Å²) in [6, 6.07) is 0.711. The monoisotopic (exact) mass is 272 g/mol. The third-order valence-electron chi connectivity index (χ3n) is 4.12.